The van der Waals surface area contributed by atoms with E-state index in [1.807, 2.05) is 38.1 Å². The number of amides is 1. The van der Waals surface area contributed by atoms with Gasteiger partial charge in [0.05, 0.1) is 10.6 Å². The van der Waals surface area contributed by atoms with Gasteiger partial charge in [0, 0.05) is 29.9 Å². The van der Waals surface area contributed by atoms with Gasteiger partial charge in [0.1, 0.15) is 0 Å². The van der Waals surface area contributed by atoms with Gasteiger partial charge in [0.25, 0.3) is 5.91 Å². The monoisotopic (exact) mass is 424 g/mol. The molecule has 0 aromatic heterocycles. The first-order valence-corrected chi connectivity index (χ1v) is 8.65. The molecule has 1 amide bonds. The van der Waals surface area contributed by atoms with Crippen molar-refractivity contribution in [1.29, 1.82) is 0 Å². The van der Waals surface area contributed by atoms with Crippen LogP contribution in [-0.4, -0.2) is 32.6 Å². The van der Waals surface area contributed by atoms with E-state index in [1.54, 1.807) is 24.3 Å². The zero-order valence-electron chi connectivity index (χ0n) is 14.1. The smallest absolute Gasteiger partial charge is 0.338 e. The van der Waals surface area contributed by atoms with Gasteiger partial charge in [-0.2, -0.15) is 0 Å². The summed E-state index contributed by atoms with van der Waals surface area (Å²) in [6, 6.07) is 10.4. The molecule has 0 aliphatic heterocycles. The number of esters is 1. The third-order valence-electron chi connectivity index (χ3n) is 3.50. The molecule has 0 unspecified atom stereocenters. The van der Waals surface area contributed by atoms with Crippen LogP contribution in [0.4, 0.5) is 11.4 Å². The highest BCUT2D eigenvalue weighted by Gasteiger charge is 2.12. The predicted octanol–water partition coefficient (Wildman–Crippen LogP) is 4.27. The Balaban J connectivity index is 1.93. The zero-order chi connectivity index (χ0) is 18.6. The highest BCUT2D eigenvalue weighted by atomic mass is 79.9. The van der Waals surface area contributed by atoms with Gasteiger partial charge in [-0.05, 0) is 64.8 Å². The lowest BCUT2D eigenvalue weighted by atomic mass is 10.2. The van der Waals surface area contributed by atoms with E-state index < -0.39 is 11.9 Å². The summed E-state index contributed by atoms with van der Waals surface area (Å²) < 4.78 is 5.80. The lowest BCUT2D eigenvalue weighted by Crippen LogP contribution is -2.21. The Morgan fingerprint density at radius 2 is 1.84 bits per heavy atom. The number of rotatable bonds is 5. The van der Waals surface area contributed by atoms with Crippen LogP contribution in [0.2, 0.25) is 5.02 Å². The van der Waals surface area contributed by atoms with E-state index in [2.05, 4.69) is 21.2 Å². The van der Waals surface area contributed by atoms with Crippen molar-refractivity contribution in [3.05, 3.63) is 57.0 Å². The summed E-state index contributed by atoms with van der Waals surface area (Å²) in [5.74, 6) is -0.981. The van der Waals surface area contributed by atoms with E-state index >= 15 is 0 Å². The molecule has 2 aromatic rings. The largest absolute Gasteiger partial charge is 0.452 e. The van der Waals surface area contributed by atoms with E-state index in [0.29, 0.717) is 16.3 Å². The minimum absolute atomic E-state index is 0.374. The number of nitrogens with one attached hydrogen (secondary N) is 1. The number of aryl methyl sites for hydroxylation is 1. The molecule has 7 heteroatoms. The summed E-state index contributed by atoms with van der Waals surface area (Å²) in [5.41, 5.74) is 2.78. The van der Waals surface area contributed by atoms with Crippen LogP contribution in [0.1, 0.15) is 15.9 Å². The van der Waals surface area contributed by atoms with Crippen LogP contribution in [0, 0.1) is 6.92 Å². The number of halogens is 2. The Labute approximate surface area is 160 Å². The van der Waals surface area contributed by atoms with E-state index in [1.165, 1.54) is 0 Å². The highest BCUT2D eigenvalue weighted by Crippen LogP contribution is 2.28. The Bertz CT molecular complexity index is 792. The van der Waals surface area contributed by atoms with Crippen molar-refractivity contribution in [1.82, 2.24) is 0 Å². The van der Waals surface area contributed by atoms with Crippen molar-refractivity contribution >= 4 is 50.8 Å². The summed E-state index contributed by atoms with van der Waals surface area (Å²) in [6.45, 7) is 1.47. The minimum atomic E-state index is -0.550. The van der Waals surface area contributed by atoms with Crippen LogP contribution < -0.4 is 10.2 Å². The molecule has 0 radical (unpaired) electrons. The fraction of sp³-hybridized carbons (Fsp3) is 0.222. The van der Waals surface area contributed by atoms with E-state index in [-0.39, 0.29) is 6.61 Å². The van der Waals surface area contributed by atoms with Crippen LogP contribution in [0.15, 0.2) is 40.9 Å². The molecule has 0 aliphatic rings. The summed E-state index contributed by atoms with van der Waals surface area (Å²) in [6.07, 6.45) is 0. The van der Waals surface area contributed by atoms with Gasteiger partial charge in [-0.3, -0.25) is 4.79 Å². The molecule has 0 spiro atoms. The molecule has 0 aliphatic carbocycles. The number of benzene rings is 2. The molecular weight excluding hydrogens is 408 g/mol. The maximum absolute atomic E-state index is 12.0. The lowest BCUT2D eigenvalue weighted by Gasteiger charge is -2.13. The van der Waals surface area contributed by atoms with Crippen molar-refractivity contribution < 1.29 is 14.3 Å². The molecule has 1 N–H and O–H groups in total. The van der Waals surface area contributed by atoms with Crippen LogP contribution in [0.25, 0.3) is 0 Å². The maximum Gasteiger partial charge on any atom is 0.338 e. The molecule has 0 saturated carbocycles. The second-order valence-electron chi connectivity index (χ2n) is 5.65. The number of hydrogen-bond donors (Lipinski definition) is 1. The van der Waals surface area contributed by atoms with Crippen LogP contribution in [0.5, 0.6) is 0 Å². The molecular formula is C18H18BrClN2O3. The van der Waals surface area contributed by atoms with Crippen molar-refractivity contribution in [2.24, 2.45) is 0 Å². The molecule has 0 atom stereocenters. The number of carbonyl (C=O) groups excluding carboxylic acids is 2. The molecule has 0 bridgehead atoms. The molecule has 25 heavy (non-hydrogen) atoms. The van der Waals surface area contributed by atoms with E-state index in [0.717, 1.165) is 15.7 Å². The summed E-state index contributed by atoms with van der Waals surface area (Å²) in [4.78, 5) is 25.9. The van der Waals surface area contributed by atoms with Crippen LogP contribution in [-0.2, 0) is 9.53 Å². The molecule has 132 valence electrons. The second kappa shape index (κ2) is 8.36. The first-order valence-electron chi connectivity index (χ1n) is 7.48. The van der Waals surface area contributed by atoms with Gasteiger partial charge in [0.15, 0.2) is 6.61 Å². The second-order valence-corrected chi connectivity index (χ2v) is 6.91. The van der Waals surface area contributed by atoms with Crippen molar-refractivity contribution in [3.63, 3.8) is 0 Å². The third kappa shape index (κ3) is 5.21. The average Bonchev–Trinajstić information content (AvgIpc) is 2.57. The quantitative estimate of drug-likeness (QED) is 0.727. The average molecular weight is 426 g/mol. The molecule has 5 nitrogen and oxygen atoms in total. The Hall–Kier alpha value is -2.05. The summed E-state index contributed by atoms with van der Waals surface area (Å²) >= 11 is 9.34. The van der Waals surface area contributed by atoms with Crippen LogP contribution in [0.3, 0.4) is 0 Å². The number of ether oxygens (including phenoxy) is 1. The van der Waals surface area contributed by atoms with Gasteiger partial charge in [-0.15, -0.1) is 0 Å². The number of nitrogens with zero attached hydrogens (tertiary/aromatic N) is 1. The number of carbonyl (C=O) groups is 2. The Morgan fingerprint density at radius 1 is 1.20 bits per heavy atom. The van der Waals surface area contributed by atoms with E-state index in [9.17, 15) is 9.59 Å². The minimum Gasteiger partial charge on any atom is -0.452 e. The predicted molar refractivity (Wildman–Crippen MR) is 104 cm³/mol. The molecule has 0 heterocycles. The Morgan fingerprint density at radius 3 is 2.44 bits per heavy atom. The normalized spacial score (nSPS) is 10.3. The Kier molecular flexibility index (Phi) is 6.45. The molecule has 2 aromatic carbocycles. The van der Waals surface area contributed by atoms with Gasteiger partial charge >= 0.3 is 5.97 Å². The summed E-state index contributed by atoms with van der Waals surface area (Å²) in [7, 11) is 3.82. The molecule has 2 rings (SSSR count). The SMILES string of the molecule is Cc1cc(Br)c(Cl)cc1NC(=O)COC(=O)c1ccc(N(C)C)cc1. The van der Waals surface area contributed by atoms with Crippen LogP contribution >= 0.6 is 27.5 Å². The summed E-state index contributed by atoms with van der Waals surface area (Å²) in [5, 5.41) is 3.17. The van der Waals surface area contributed by atoms with Gasteiger partial charge in [-0.25, -0.2) is 4.79 Å². The first-order chi connectivity index (χ1) is 11.8. The maximum atomic E-state index is 12.0. The van der Waals surface area contributed by atoms with Gasteiger partial charge in [-0.1, -0.05) is 11.6 Å². The number of anilines is 2. The van der Waals surface area contributed by atoms with Crippen molar-refractivity contribution in [2.75, 3.05) is 30.9 Å². The lowest BCUT2D eigenvalue weighted by molar-refractivity contribution is -0.119. The third-order valence-corrected chi connectivity index (χ3v) is 4.69. The number of hydrogen-bond acceptors (Lipinski definition) is 4. The standard InChI is InChI=1S/C18H18BrClN2O3/c1-11-8-14(19)15(20)9-16(11)21-17(23)10-25-18(24)12-4-6-13(7-5-12)22(2)3/h4-9H,10H2,1-3H3,(H,21,23). The van der Waals surface area contributed by atoms with Gasteiger partial charge in [0.2, 0.25) is 0 Å². The fourth-order valence-electron chi connectivity index (χ4n) is 2.08. The van der Waals surface area contributed by atoms with Crippen molar-refractivity contribution in [3.8, 4) is 0 Å². The topological polar surface area (TPSA) is 58.6 Å². The van der Waals surface area contributed by atoms with E-state index in [4.69, 9.17) is 16.3 Å². The highest BCUT2D eigenvalue weighted by molar-refractivity contribution is 9.10. The molecule has 0 fully saturated rings. The van der Waals surface area contributed by atoms with Gasteiger partial charge < -0.3 is 15.0 Å². The first kappa shape index (κ1) is 19.3. The molecule has 0 saturated heterocycles. The van der Waals surface area contributed by atoms with Crippen molar-refractivity contribution in [2.45, 2.75) is 6.92 Å². The fourth-order valence-corrected chi connectivity index (χ4v) is 2.70. The zero-order valence-corrected chi connectivity index (χ0v) is 16.4.